The number of ether oxygens (including phenoxy) is 1. The second kappa shape index (κ2) is 8.63. The third-order valence-corrected chi connectivity index (χ3v) is 3.90. The molecule has 0 saturated carbocycles. The number of amides is 2. The minimum Gasteiger partial charge on any atom is -0.494 e. The van der Waals surface area contributed by atoms with Crippen LogP contribution in [0.25, 0.3) is 0 Å². The fourth-order valence-corrected chi connectivity index (χ4v) is 2.56. The van der Waals surface area contributed by atoms with Crippen LogP contribution < -0.4 is 10.1 Å². The molecular weight excluding hydrogens is 278 g/mol. The Balaban J connectivity index is 1.78. The summed E-state index contributed by atoms with van der Waals surface area (Å²) in [6.45, 7) is 9.49. The standard InChI is InChI=1S/C17H27N3O2/c1-3-5-10-19-11-13-20(14-12-19)17(21)18-15-6-8-16(9-7-15)22-4-2/h6-9H,3-5,10-14H2,1-2H3,(H,18,21). The molecule has 0 atom stereocenters. The fourth-order valence-electron chi connectivity index (χ4n) is 2.56. The molecule has 2 rings (SSSR count). The molecular formula is C17H27N3O2. The van der Waals surface area contributed by atoms with E-state index in [-0.39, 0.29) is 6.03 Å². The smallest absolute Gasteiger partial charge is 0.321 e. The summed E-state index contributed by atoms with van der Waals surface area (Å²) < 4.78 is 5.40. The maximum atomic E-state index is 12.3. The molecule has 5 nitrogen and oxygen atoms in total. The van der Waals surface area contributed by atoms with Gasteiger partial charge in [0.2, 0.25) is 0 Å². The van der Waals surface area contributed by atoms with Gasteiger partial charge >= 0.3 is 6.03 Å². The number of hydrogen-bond donors (Lipinski definition) is 1. The highest BCUT2D eigenvalue weighted by Crippen LogP contribution is 2.16. The van der Waals surface area contributed by atoms with Crippen molar-refractivity contribution in [2.24, 2.45) is 0 Å². The topological polar surface area (TPSA) is 44.8 Å². The Bertz CT molecular complexity index is 453. The third-order valence-electron chi connectivity index (χ3n) is 3.90. The Morgan fingerprint density at radius 1 is 1.14 bits per heavy atom. The van der Waals surface area contributed by atoms with Crippen LogP contribution in [0.15, 0.2) is 24.3 Å². The summed E-state index contributed by atoms with van der Waals surface area (Å²) in [7, 11) is 0. The molecule has 2 amide bonds. The Morgan fingerprint density at radius 3 is 2.41 bits per heavy atom. The van der Waals surface area contributed by atoms with E-state index in [4.69, 9.17) is 4.74 Å². The minimum absolute atomic E-state index is 0.0145. The highest BCUT2D eigenvalue weighted by molar-refractivity contribution is 5.89. The molecule has 1 heterocycles. The Kier molecular flexibility index (Phi) is 6.52. The second-order valence-corrected chi connectivity index (χ2v) is 5.57. The molecule has 1 N–H and O–H groups in total. The zero-order valence-corrected chi connectivity index (χ0v) is 13.7. The molecule has 1 aromatic carbocycles. The largest absolute Gasteiger partial charge is 0.494 e. The van der Waals surface area contributed by atoms with Crippen LogP contribution in [0.3, 0.4) is 0 Å². The number of benzene rings is 1. The van der Waals surface area contributed by atoms with Crippen LogP contribution in [0.1, 0.15) is 26.7 Å². The van der Waals surface area contributed by atoms with Crippen molar-refractivity contribution in [3.05, 3.63) is 24.3 Å². The number of nitrogens with zero attached hydrogens (tertiary/aromatic N) is 2. The molecule has 1 fully saturated rings. The van der Waals surface area contributed by atoms with Gasteiger partial charge in [0, 0.05) is 31.9 Å². The first-order valence-electron chi connectivity index (χ1n) is 8.24. The van der Waals surface area contributed by atoms with Crippen LogP contribution in [-0.2, 0) is 0 Å². The van der Waals surface area contributed by atoms with E-state index in [0.29, 0.717) is 6.61 Å². The second-order valence-electron chi connectivity index (χ2n) is 5.57. The number of carbonyl (C=O) groups excluding carboxylic acids is 1. The third kappa shape index (κ3) is 4.91. The average Bonchev–Trinajstić information content (AvgIpc) is 2.55. The van der Waals surface area contributed by atoms with Gasteiger partial charge in [-0.1, -0.05) is 13.3 Å². The molecule has 0 spiro atoms. The van der Waals surface area contributed by atoms with Crippen molar-refractivity contribution in [2.75, 3.05) is 44.6 Å². The molecule has 1 aliphatic heterocycles. The van der Waals surface area contributed by atoms with Crippen molar-refractivity contribution in [1.29, 1.82) is 0 Å². The highest BCUT2D eigenvalue weighted by atomic mass is 16.5. The van der Waals surface area contributed by atoms with Crippen molar-refractivity contribution >= 4 is 11.7 Å². The van der Waals surface area contributed by atoms with Crippen LogP contribution >= 0.6 is 0 Å². The summed E-state index contributed by atoms with van der Waals surface area (Å²) >= 11 is 0. The molecule has 122 valence electrons. The van der Waals surface area contributed by atoms with E-state index in [1.54, 1.807) is 0 Å². The first-order valence-corrected chi connectivity index (χ1v) is 8.24. The van der Waals surface area contributed by atoms with Gasteiger partial charge in [0.25, 0.3) is 0 Å². The van der Waals surface area contributed by atoms with Crippen LogP contribution in [0, 0.1) is 0 Å². The van der Waals surface area contributed by atoms with Crippen LogP contribution in [0.2, 0.25) is 0 Å². The number of rotatable bonds is 6. The minimum atomic E-state index is -0.0145. The predicted octanol–water partition coefficient (Wildman–Crippen LogP) is 3.03. The van der Waals surface area contributed by atoms with Crippen LogP contribution in [0.4, 0.5) is 10.5 Å². The molecule has 0 bridgehead atoms. The summed E-state index contributed by atoms with van der Waals surface area (Å²) in [4.78, 5) is 16.6. The monoisotopic (exact) mass is 305 g/mol. The van der Waals surface area contributed by atoms with E-state index < -0.39 is 0 Å². The maximum absolute atomic E-state index is 12.3. The van der Waals surface area contributed by atoms with Gasteiger partial charge in [-0.05, 0) is 44.2 Å². The molecule has 0 radical (unpaired) electrons. The van der Waals surface area contributed by atoms with Crippen molar-refractivity contribution < 1.29 is 9.53 Å². The number of urea groups is 1. The highest BCUT2D eigenvalue weighted by Gasteiger charge is 2.20. The molecule has 0 aromatic heterocycles. The van der Waals surface area contributed by atoms with Crippen LogP contribution in [0.5, 0.6) is 5.75 Å². The van der Waals surface area contributed by atoms with Crippen molar-refractivity contribution in [3.8, 4) is 5.75 Å². The zero-order chi connectivity index (χ0) is 15.8. The van der Waals surface area contributed by atoms with Gasteiger partial charge in [-0.25, -0.2) is 4.79 Å². The summed E-state index contributed by atoms with van der Waals surface area (Å²) in [5.41, 5.74) is 0.807. The molecule has 1 aliphatic rings. The lowest BCUT2D eigenvalue weighted by molar-refractivity contribution is 0.146. The lowest BCUT2D eigenvalue weighted by atomic mass is 10.2. The van der Waals surface area contributed by atoms with Gasteiger partial charge in [0.1, 0.15) is 5.75 Å². The maximum Gasteiger partial charge on any atom is 0.321 e. The van der Waals surface area contributed by atoms with Gasteiger partial charge in [-0.3, -0.25) is 4.90 Å². The van der Waals surface area contributed by atoms with E-state index in [0.717, 1.165) is 44.2 Å². The Morgan fingerprint density at radius 2 is 1.82 bits per heavy atom. The summed E-state index contributed by atoms with van der Waals surface area (Å²) in [5, 5.41) is 2.95. The molecule has 1 saturated heterocycles. The molecule has 5 heteroatoms. The first-order chi connectivity index (χ1) is 10.7. The number of piperazine rings is 1. The SMILES string of the molecule is CCCCN1CCN(C(=O)Nc2ccc(OCC)cc2)CC1. The quantitative estimate of drug-likeness (QED) is 0.878. The summed E-state index contributed by atoms with van der Waals surface area (Å²) in [5.74, 6) is 0.824. The average molecular weight is 305 g/mol. The molecule has 22 heavy (non-hydrogen) atoms. The lowest BCUT2D eigenvalue weighted by Crippen LogP contribution is -2.50. The number of carbonyl (C=O) groups is 1. The van der Waals surface area contributed by atoms with E-state index in [1.807, 2.05) is 36.1 Å². The molecule has 1 aromatic rings. The van der Waals surface area contributed by atoms with Crippen molar-refractivity contribution in [3.63, 3.8) is 0 Å². The van der Waals surface area contributed by atoms with E-state index in [9.17, 15) is 4.79 Å². The first kappa shape index (κ1) is 16.6. The van der Waals surface area contributed by atoms with Gasteiger partial charge in [0.15, 0.2) is 0 Å². The molecule has 0 unspecified atom stereocenters. The predicted molar refractivity (Wildman–Crippen MR) is 89.6 cm³/mol. The Hall–Kier alpha value is -1.75. The zero-order valence-electron chi connectivity index (χ0n) is 13.7. The summed E-state index contributed by atoms with van der Waals surface area (Å²) in [6, 6.07) is 7.49. The number of unbranched alkanes of at least 4 members (excludes halogenated alkanes) is 1. The van der Waals surface area contributed by atoms with Gasteiger partial charge in [-0.2, -0.15) is 0 Å². The van der Waals surface area contributed by atoms with Crippen LogP contribution in [-0.4, -0.2) is 55.2 Å². The van der Waals surface area contributed by atoms with Gasteiger partial charge in [-0.15, -0.1) is 0 Å². The number of hydrogen-bond acceptors (Lipinski definition) is 3. The molecule has 0 aliphatic carbocycles. The van der Waals surface area contributed by atoms with E-state index in [2.05, 4.69) is 17.1 Å². The van der Waals surface area contributed by atoms with Gasteiger partial charge in [0.05, 0.1) is 6.61 Å². The number of nitrogens with one attached hydrogen (secondary N) is 1. The van der Waals surface area contributed by atoms with Crippen molar-refractivity contribution in [1.82, 2.24) is 9.80 Å². The fraction of sp³-hybridized carbons (Fsp3) is 0.588. The Labute approximate surface area is 133 Å². The normalized spacial score (nSPS) is 15.6. The summed E-state index contributed by atoms with van der Waals surface area (Å²) in [6.07, 6.45) is 2.46. The van der Waals surface area contributed by atoms with Crippen molar-refractivity contribution in [2.45, 2.75) is 26.7 Å². The van der Waals surface area contributed by atoms with E-state index >= 15 is 0 Å². The van der Waals surface area contributed by atoms with E-state index in [1.165, 1.54) is 12.8 Å². The number of anilines is 1. The van der Waals surface area contributed by atoms with Gasteiger partial charge < -0.3 is 15.0 Å². The lowest BCUT2D eigenvalue weighted by Gasteiger charge is -2.34.